The van der Waals surface area contributed by atoms with Crippen molar-refractivity contribution in [1.29, 1.82) is 0 Å². The minimum atomic E-state index is 0.0416. The second-order valence-corrected chi connectivity index (χ2v) is 4.52. The average molecular weight is 281 g/mol. The van der Waals surface area contributed by atoms with Gasteiger partial charge in [0.15, 0.2) is 0 Å². The number of amides is 1. The van der Waals surface area contributed by atoms with E-state index in [-0.39, 0.29) is 5.91 Å². The predicted octanol–water partition coefficient (Wildman–Crippen LogP) is 2.54. The number of hydrogen-bond acceptors (Lipinski definition) is 1. The lowest BCUT2D eigenvalue weighted by molar-refractivity contribution is -0.121. The Morgan fingerprint density at radius 3 is 3.00 bits per heavy atom. The van der Waals surface area contributed by atoms with Crippen LogP contribution in [0.4, 0.5) is 0 Å². The molecule has 2 rings (SSSR count). The summed E-state index contributed by atoms with van der Waals surface area (Å²) >= 11 is 3.43. The van der Waals surface area contributed by atoms with Crippen LogP contribution in [0, 0.1) is 0 Å². The lowest BCUT2D eigenvalue weighted by atomic mass is 10.2. The predicted molar refractivity (Wildman–Crippen MR) is 68.3 cm³/mol. The van der Waals surface area contributed by atoms with Gasteiger partial charge in [-0.3, -0.25) is 4.79 Å². The monoisotopic (exact) mass is 280 g/mol. The summed E-state index contributed by atoms with van der Waals surface area (Å²) < 4.78 is 2.97. The highest BCUT2D eigenvalue weighted by molar-refractivity contribution is 9.10. The lowest BCUT2D eigenvalue weighted by Crippen LogP contribution is -2.26. The van der Waals surface area contributed by atoms with Crippen LogP contribution < -0.4 is 5.32 Å². The summed E-state index contributed by atoms with van der Waals surface area (Å²) in [4.78, 5) is 11.5. The molecule has 84 valence electrons. The minimum absolute atomic E-state index is 0.0416. The first-order chi connectivity index (χ1) is 7.70. The topological polar surface area (TPSA) is 34.0 Å². The van der Waals surface area contributed by atoms with Crippen molar-refractivity contribution in [2.24, 2.45) is 0 Å². The second kappa shape index (κ2) is 4.70. The third-order valence-corrected chi connectivity index (χ3v) is 2.92. The summed E-state index contributed by atoms with van der Waals surface area (Å²) in [6.45, 7) is 2.96. The Hall–Kier alpha value is -1.29. The molecule has 0 aliphatic carbocycles. The van der Waals surface area contributed by atoms with E-state index in [2.05, 4.69) is 21.2 Å². The van der Waals surface area contributed by atoms with Gasteiger partial charge in [0.25, 0.3) is 0 Å². The molecule has 4 heteroatoms. The summed E-state index contributed by atoms with van der Waals surface area (Å²) in [5.41, 5.74) is 1.07. The molecule has 1 heterocycles. The van der Waals surface area contributed by atoms with Gasteiger partial charge in [0.05, 0.1) is 0 Å². The quantitative estimate of drug-likeness (QED) is 0.921. The fraction of sp³-hybridized carbons (Fsp3) is 0.250. The molecule has 16 heavy (non-hydrogen) atoms. The molecular formula is C12H13BrN2O. The van der Waals surface area contributed by atoms with E-state index in [1.165, 1.54) is 0 Å². The summed E-state index contributed by atoms with van der Waals surface area (Å²) in [5, 5.41) is 3.94. The van der Waals surface area contributed by atoms with Crippen LogP contribution in [0.25, 0.3) is 10.9 Å². The van der Waals surface area contributed by atoms with Gasteiger partial charge >= 0.3 is 0 Å². The average Bonchev–Trinajstić information content (AvgIpc) is 2.61. The molecule has 1 amide bonds. The zero-order valence-corrected chi connectivity index (χ0v) is 10.6. The maximum absolute atomic E-state index is 11.5. The fourth-order valence-electron chi connectivity index (χ4n) is 1.70. The van der Waals surface area contributed by atoms with Gasteiger partial charge in [-0.05, 0) is 30.5 Å². The highest BCUT2D eigenvalue weighted by atomic mass is 79.9. The number of aromatic nitrogens is 1. The number of halogens is 1. The largest absolute Gasteiger partial charge is 0.355 e. The van der Waals surface area contributed by atoms with Crippen molar-refractivity contribution in [1.82, 2.24) is 9.88 Å². The highest BCUT2D eigenvalue weighted by Crippen LogP contribution is 2.20. The number of rotatable bonds is 3. The smallest absolute Gasteiger partial charge is 0.239 e. The van der Waals surface area contributed by atoms with E-state index in [1.54, 1.807) is 0 Å². The Kier molecular flexibility index (Phi) is 3.29. The highest BCUT2D eigenvalue weighted by Gasteiger charge is 2.05. The van der Waals surface area contributed by atoms with Crippen LogP contribution >= 0.6 is 15.9 Å². The van der Waals surface area contributed by atoms with Crippen LogP contribution in [0.3, 0.4) is 0 Å². The van der Waals surface area contributed by atoms with E-state index in [9.17, 15) is 4.79 Å². The van der Waals surface area contributed by atoms with Crippen molar-refractivity contribution in [3.63, 3.8) is 0 Å². The number of hydrogen-bond donors (Lipinski definition) is 1. The van der Waals surface area contributed by atoms with E-state index < -0.39 is 0 Å². The summed E-state index contributed by atoms with van der Waals surface area (Å²) in [5.74, 6) is 0.0416. The molecule has 0 aliphatic heterocycles. The molecule has 1 aromatic carbocycles. The maximum atomic E-state index is 11.5. The number of nitrogens with zero attached hydrogens (tertiary/aromatic N) is 1. The van der Waals surface area contributed by atoms with Crippen molar-refractivity contribution in [3.05, 3.63) is 34.9 Å². The third kappa shape index (κ3) is 2.27. The van der Waals surface area contributed by atoms with E-state index in [1.807, 2.05) is 42.0 Å². The molecular weight excluding hydrogens is 268 g/mol. The van der Waals surface area contributed by atoms with Gasteiger partial charge < -0.3 is 9.88 Å². The standard InChI is InChI=1S/C12H13BrN2O/c1-2-14-12(16)8-15-6-5-9-3-4-10(13)7-11(9)15/h3-7H,2,8H2,1H3,(H,14,16). The lowest BCUT2D eigenvalue weighted by Gasteiger charge is -2.05. The van der Waals surface area contributed by atoms with Gasteiger partial charge in [-0.15, -0.1) is 0 Å². The molecule has 0 saturated carbocycles. The van der Waals surface area contributed by atoms with E-state index >= 15 is 0 Å². The normalized spacial score (nSPS) is 10.6. The van der Waals surface area contributed by atoms with Crippen molar-refractivity contribution in [3.8, 4) is 0 Å². The number of benzene rings is 1. The summed E-state index contributed by atoms with van der Waals surface area (Å²) in [7, 11) is 0. The summed E-state index contributed by atoms with van der Waals surface area (Å²) in [6, 6.07) is 8.07. The minimum Gasteiger partial charge on any atom is -0.355 e. The molecule has 1 N–H and O–H groups in total. The zero-order chi connectivity index (χ0) is 11.5. The molecule has 0 atom stereocenters. The number of carbonyl (C=O) groups excluding carboxylic acids is 1. The maximum Gasteiger partial charge on any atom is 0.239 e. The van der Waals surface area contributed by atoms with Gasteiger partial charge in [0.1, 0.15) is 6.54 Å². The van der Waals surface area contributed by atoms with Crippen molar-refractivity contribution >= 4 is 32.7 Å². The Morgan fingerprint density at radius 2 is 2.25 bits per heavy atom. The SMILES string of the molecule is CCNC(=O)Cn1ccc2ccc(Br)cc21. The van der Waals surface area contributed by atoms with Gasteiger partial charge in [-0.25, -0.2) is 0 Å². The van der Waals surface area contributed by atoms with Gasteiger partial charge in [-0.2, -0.15) is 0 Å². The molecule has 0 bridgehead atoms. The van der Waals surface area contributed by atoms with Crippen molar-refractivity contribution in [2.75, 3.05) is 6.54 Å². The number of likely N-dealkylation sites (N-methyl/N-ethyl adjacent to an activating group) is 1. The van der Waals surface area contributed by atoms with Gasteiger partial charge in [0, 0.05) is 22.7 Å². The van der Waals surface area contributed by atoms with Crippen LogP contribution in [-0.4, -0.2) is 17.0 Å². The molecule has 0 unspecified atom stereocenters. The van der Waals surface area contributed by atoms with Crippen LogP contribution in [0.2, 0.25) is 0 Å². The van der Waals surface area contributed by atoms with Crippen LogP contribution in [-0.2, 0) is 11.3 Å². The molecule has 0 spiro atoms. The first-order valence-corrected chi connectivity index (χ1v) is 6.01. The Labute approximate surface area is 103 Å². The Bertz CT molecular complexity index is 519. The first kappa shape index (κ1) is 11.2. The van der Waals surface area contributed by atoms with E-state index in [0.29, 0.717) is 13.1 Å². The van der Waals surface area contributed by atoms with E-state index in [0.717, 1.165) is 15.4 Å². The van der Waals surface area contributed by atoms with Crippen LogP contribution in [0.1, 0.15) is 6.92 Å². The first-order valence-electron chi connectivity index (χ1n) is 5.22. The van der Waals surface area contributed by atoms with Gasteiger partial charge in [-0.1, -0.05) is 22.0 Å². The van der Waals surface area contributed by atoms with Crippen LogP contribution in [0.15, 0.2) is 34.9 Å². The molecule has 0 fully saturated rings. The molecule has 0 aliphatic rings. The number of nitrogens with one attached hydrogen (secondary N) is 1. The Morgan fingerprint density at radius 1 is 1.44 bits per heavy atom. The number of carbonyl (C=O) groups is 1. The molecule has 3 nitrogen and oxygen atoms in total. The van der Waals surface area contributed by atoms with Crippen LogP contribution in [0.5, 0.6) is 0 Å². The fourth-order valence-corrected chi connectivity index (χ4v) is 2.05. The number of fused-ring (bicyclic) bond motifs is 1. The third-order valence-electron chi connectivity index (χ3n) is 2.42. The zero-order valence-electron chi connectivity index (χ0n) is 9.03. The Balaban J connectivity index is 2.30. The van der Waals surface area contributed by atoms with Crippen molar-refractivity contribution < 1.29 is 4.79 Å². The van der Waals surface area contributed by atoms with E-state index in [4.69, 9.17) is 0 Å². The van der Waals surface area contributed by atoms with Gasteiger partial charge in [0.2, 0.25) is 5.91 Å². The molecule has 1 aromatic heterocycles. The molecule has 2 aromatic rings. The molecule has 0 saturated heterocycles. The summed E-state index contributed by atoms with van der Waals surface area (Å²) in [6.07, 6.45) is 1.94. The van der Waals surface area contributed by atoms with Crippen molar-refractivity contribution in [2.45, 2.75) is 13.5 Å². The second-order valence-electron chi connectivity index (χ2n) is 3.60. The molecule has 0 radical (unpaired) electrons.